The SMILES string of the molecule is CN(C(=O)COc1ccc([N+](=O)[O-])c(F)c1)C1(C#N)CCCCC1. The molecule has 1 aliphatic carbocycles. The van der Waals surface area contributed by atoms with Crippen molar-refractivity contribution >= 4 is 11.6 Å². The number of carbonyl (C=O) groups excluding carboxylic acids is 1. The van der Waals surface area contributed by atoms with E-state index in [2.05, 4.69) is 6.07 Å². The van der Waals surface area contributed by atoms with E-state index in [-0.39, 0.29) is 12.4 Å². The molecule has 0 heterocycles. The standard InChI is InChI=1S/C16H18FN3O4/c1-19(16(11-18)7-3-2-4-8-16)15(21)10-24-12-5-6-14(20(22)23)13(17)9-12/h5-6,9H,2-4,7-8,10H2,1H3. The van der Waals surface area contributed by atoms with Gasteiger partial charge in [0.1, 0.15) is 11.3 Å². The zero-order valence-electron chi connectivity index (χ0n) is 13.3. The van der Waals surface area contributed by atoms with Gasteiger partial charge in [0.15, 0.2) is 6.61 Å². The quantitative estimate of drug-likeness (QED) is 0.609. The van der Waals surface area contributed by atoms with Crippen LogP contribution >= 0.6 is 0 Å². The molecule has 0 saturated heterocycles. The van der Waals surface area contributed by atoms with Gasteiger partial charge in [0, 0.05) is 19.2 Å². The molecule has 0 bridgehead atoms. The molecule has 0 radical (unpaired) electrons. The minimum absolute atomic E-state index is 0.0227. The van der Waals surface area contributed by atoms with Crippen molar-refractivity contribution in [1.29, 1.82) is 5.26 Å². The Morgan fingerprint density at radius 3 is 2.67 bits per heavy atom. The van der Waals surface area contributed by atoms with Gasteiger partial charge in [0.2, 0.25) is 5.82 Å². The molecule has 0 N–H and O–H groups in total. The molecule has 128 valence electrons. The summed E-state index contributed by atoms with van der Waals surface area (Å²) in [6.45, 7) is -0.364. The largest absolute Gasteiger partial charge is 0.484 e. The summed E-state index contributed by atoms with van der Waals surface area (Å²) in [4.78, 5) is 23.4. The lowest BCUT2D eigenvalue weighted by Crippen LogP contribution is -2.51. The van der Waals surface area contributed by atoms with Crippen LogP contribution in [-0.4, -0.2) is 34.9 Å². The van der Waals surface area contributed by atoms with Crippen molar-refractivity contribution in [3.05, 3.63) is 34.1 Å². The Hall–Kier alpha value is -2.69. The van der Waals surface area contributed by atoms with Crippen LogP contribution in [0.2, 0.25) is 0 Å². The van der Waals surface area contributed by atoms with Gasteiger partial charge in [0.25, 0.3) is 5.91 Å². The summed E-state index contributed by atoms with van der Waals surface area (Å²) in [5.41, 5.74) is -1.48. The number of rotatable bonds is 5. The number of hydrogen-bond acceptors (Lipinski definition) is 5. The number of amides is 1. The Kier molecular flexibility index (Phi) is 5.34. The number of nitrogens with zero attached hydrogens (tertiary/aromatic N) is 3. The molecular weight excluding hydrogens is 317 g/mol. The molecule has 0 atom stereocenters. The van der Waals surface area contributed by atoms with Gasteiger partial charge in [-0.2, -0.15) is 9.65 Å². The summed E-state index contributed by atoms with van der Waals surface area (Å²) in [7, 11) is 1.57. The molecule has 1 aliphatic rings. The maximum absolute atomic E-state index is 13.5. The number of benzene rings is 1. The second-order valence-electron chi connectivity index (χ2n) is 5.82. The highest BCUT2D eigenvalue weighted by molar-refractivity contribution is 5.78. The molecule has 0 unspecified atom stereocenters. The van der Waals surface area contributed by atoms with E-state index >= 15 is 0 Å². The van der Waals surface area contributed by atoms with E-state index in [1.807, 2.05) is 0 Å². The number of hydrogen-bond donors (Lipinski definition) is 0. The highest BCUT2D eigenvalue weighted by Gasteiger charge is 2.38. The van der Waals surface area contributed by atoms with Gasteiger partial charge >= 0.3 is 5.69 Å². The van der Waals surface area contributed by atoms with Crippen LogP contribution in [0.1, 0.15) is 32.1 Å². The predicted octanol–water partition coefficient (Wildman–Crippen LogP) is 2.80. The second-order valence-corrected chi connectivity index (χ2v) is 5.82. The first-order valence-corrected chi connectivity index (χ1v) is 7.64. The predicted molar refractivity (Wildman–Crippen MR) is 82.7 cm³/mol. The van der Waals surface area contributed by atoms with Crippen LogP contribution in [0.25, 0.3) is 0 Å². The summed E-state index contributed by atoms with van der Waals surface area (Å²) in [5, 5.41) is 20.0. The van der Waals surface area contributed by atoms with Crippen LogP contribution < -0.4 is 4.74 Å². The molecule has 24 heavy (non-hydrogen) atoms. The molecule has 1 aromatic carbocycles. The van der Waals surface area contributed by atoms with Crippen molar-refractivity contribution in [2.75, 3.05) is 13.7 Å². The Balaban J connectivity index is 2.01. The molecule has 7 nitrogen and oxygen atoms in total. The minimum atomic E-state index is -1.03. The molecule has 1 fully saturated rings. The molecule has 8 heteroatoms. The van der Waals surface area contributed by atoms with E-state index in [1.54, 1.807) is 7.05 Å². The maximum atomic E-state index is 13.5. The molecule has 0 aliphatic heterocycles. The highest BCUT2D eigenvalue weighted by atomic mass is 19.1. The van der Waals surface area contributed by atoms with Crippen molar-refractivity contribution in [3.63, 3.8) is 0 Å². The highest BCUT2D eigenvalue weighted by Crippen LogP contribution is 2.32. The Labute approximate surface area is 138 Å². The van der Waals surface area contributed by atoms with Crippen molar-refractivity contribution in [3.8, 4) is 11.8 Å². The summed E-state index contributed by atoms with van der Waals surface area (Å²) in [6.07, 6.45) is 4.07. The third-order valence-electron chi connectivity index (χ3n) is 4.38. The van der Waals surface area contributed by atoms with Gasteiger partial charge in [-0.1, -0.05) is 19.3 Å². The van der Waals surface area contributed by atoms with E-state index in [1.165, 1.54) is 11.0 Å². The number of nitriles is 1. The summed E-state index contributed by atoms with van der Waals surface area (Å²) < 4.78 is 18.8. The van der Waals surface area contributed by atoms with Gasteiger partial charge in [-0.05, 0) is 18.9 Å². The Morgan fingerprint density at radius 2 is 2.12 bits per heavy atom. The first-order valence-electron chi connectivity index (χ1n) is 7.64. The molecule has 0 aromatic heterocycles. The topological polar surface area (TPSA) is 96.5 Å². The molecule has 1 aromatic rings. The zero-order chi connectivity index (χ0) is 17.7. The van der Waals surface area contributed by atoms with Gasteiger partial charge in [-0.3, -0.25) is 14.9 Å². The number of carbonyl (C=O) groups is 1. The summed E-state index contributed by atoms with van der Waals surface area (Å²) in [5.74, 6) is -1.40. The van der Waals surface area contributed by atoms with Crippen molar-refractivity contribution < 1.29 is 18.8 Å². The van der Waals surface area contributed by atoms with Crippen LogP contribution in [0.5, 0.6) is 5.75 Å². The van der Waals surface area contributed by atoms with E-state index in [0.29, 0.717) is 12.8 Å². The normalized spacial score (nSPS) is 16.0. The Morgan fingerprint density at radius 1 is 1.46 bits per heavy atom. The zero-order valence-corrected chi connectivity index (χ0v) is 13.3. The fraction of sp³-hybridized carbons (Fsp3) is 0.500. The fourth-order valence-electron chi connectivity index (χ4n) is 2.86. The molecule has 1 saturated carbocycles. The smallest absolute Gasteiger partial charge is 0.305 e. The summed E-state index contributed by atoms with van der Waals surface area (Å²) in [6, 6.07) is 5.32. The van der Waals surface area contributed by atoms with E-state index in [4.69, 9.17) is 4.74 Å². The first kappa shape index (κ1) is 17.7. The van der Waals surface area contributed by atoms with Crippen molar-refractivity contribution in [1.82, 2.24) is 4.90 Å². The van der Waals surface area contributed by atoms with E-state index in [9.17, 15) is 24.6 Å². The Bertz CT molecular complexity index is 680. The number of nitro benzene ring substituents is 1. The molecule has 1 amide bonds. The monoisotopic (exact) mass is 335 g/mol. The van der Waals surface area contributed by atoms with Crippen LogP contribution in [0.4, 0.5) is 10.1 Å². The average Bonchev–Trinajstić information content (AvgIpc) is 2.59. The maximum Gasteiger partial charge on any atom is 0.305 e. The lowest BCUT2D eigenvalue weighted by atomic mass is 9.81. The number of halogens is 1. The van der Waals surface area contributed by atoms with Crippen molar-refractivity contribution in [2.24, 2.45) is 0 Å². The number of likely N-dealkylation sites (N-methyl/N-ethyl adjacent to an activating group) is 1. The third kappa shape index (κ3) is 3.62. The van der Waals surface area contributed by atoms with Gasteiger partial charge in [-0.25, -0.2) is 0 Å². The number of nitro groups is 1. The van der Waals surface area contributed by atoms with Crippen LogP contribution in [0, 0.1) is 27.3 Å². The van der Waals surface area contributed by atoms with Gasteiger partial charge < -0.3 is 9.64 Å². The molecular formula is C16H18FN3O4. The van der Waals surface area contributed by atoms with E-state index in [0.717, 1.165) is 31.4 Å². The summed E-state index contributed by atoms with van der Waals surface area (Å²) >= 11 is 0. The van der Waals surface area contributed by atoms with Crippen LogP contribution in [0.3, 0.4) is 0 Å². The van der Waals surface area contributed by atoms with Crippen LogP contribution in [0.15, 0.2) is 18.2 Å². The van der Waals surface area contributed by atoms with Gasteiger partial charge in [0.05, 0.1) is 11.0 Å². The fourth-order valence-corrected chi connectivity index (χ4v) is 2.86. The minimum Gasteiger partial charge on any atom is -0.484 e. The van der Waals surface area contributed by atoms with Crippen molar-refractivity contribution in [2.45, 2.75) is 37.6 Å². The number of ether oxygens (including phenoxy) is 1. The van der Waals surface area contributed by atoms with Gasteiger partial charge in [-0.15, -0.1) is 0 Å². The molecule has 0 spiro atoms. The van der Waals surface area contributed by atoms with Crippen LogP contribution in [-0.2, 0) is 4.79 Å². The average molecular weight is 335 g/mol. The third-order valence-corrected chi connectivity index (χ3v) is 4.38. The lowest BCUT2D eigenvalue weighted by Gasteiger charge is -2.38. The molecule has 2 rings (SSSR count). The van der Waals surface area contributed by atoms with E-state index < -0.39 is 27.9 Å². The first-order chi connectivity index (χ1) is 11.4. The lowest BCUT2D eigenvalue weighted by molar-refractivity contribution is -0.387. The second kappa shape index (κ2) is 7.25.